The number of pyridine rings is 1. The standard InChI is InChI=1S/C17H11ClN2OS/c1-20-14-5-3-2-4-11(14)12(9-16(20)21)17-19-13-7-6-10(18)8-15(13)22-17/h2-9H,1H3. The number of aromatic nitrogens is 2. The SMILES string of the molecule is Cn1c(=O)cc(-c2nc3ccc(Cl)cc3s2)c2ccccc21. The lowest BCUT2D eigenvalue weighted by atomic mass is 10.1. The van der Waals surface area contributed by atoms with Gasteiger partial charge in [0, 0.05) is 29.1 Å². The number of aryl methyl sites for hydroxylation is 1. The van der Waals surface area contributed by atoms with Crippen LogP contribution in [0.25, 0.3) is 31.7 Å². The van der Waals surface area contributed by atoms with Gasteiger partial charge in [0.15, 0.2) is 0 Å². The summed E-state index contributed by atoms with van der Waals surface area (Å²) in [5.41, 5.74) is 2.64. The van der Waals surface area contributed by atoms with Crippen molar-refractivity contribution in [3.63, 3.8) is 0 Å². The van der Waals surface area contributed by atoms with Crippen molar-refractivity contribution in [3.8, 4) is 10.6 Å². The second-order valence-electron chi connectivity index (χ2n) is 5.10. The van der Waals surface area contributed by atoms with Crippen LogP contribution in [-0.2, 0) is 7.05 Å². The van der Waals surface area contributed by atoms with Crippen LogP contribution in [0.1, 0.15) is 0 Å². The van der Waals surface area contributed by atoms with Gasteiger partial charge in [0.1, 0.15) is 5.01 Å². The number of para-hydroxylation sites is 1. The van der Waals surface area contributed by atoms with Crippen molar-refractivity contribution in [2.45, 2.75) is 0 Å². The zero-order chi connectivity index (χ0) is 15.3. The van der Waals surface area contributed by atoms with Crippen LogP contribution in [0, 0.1) is 0 Å². The third-order valence-electron chi connectivity index (χ3n) is 3.73. The number of fused-ring (bicyclic) bond motifs is 2. The lowest BCUT2D eigenvalue weighted by Crippen LogP contribution is -2.16. The molecule has 0 amide bonds. The molecule has 2 aromatic heterocycles. The highest BCUT2D eigenvalue weighted by Gasteiger charge is 2.12. The molecule has 0 N–H and O–H groups in total. The molecule has 5 heteroatoms. The first-order valence-electron chi connectivity index (χ1n) is 6.79. The molecule has 4 aromatic rings. The molecule has 0 saturated carbocycles. The van der Waals surface area contributed by atoms with Gasteiger partial charge in [-0.2, -0.15) is 0 Å². The summed E-state index contributed by atoms with van der Waals surface area (Å²) < 4.78 is 2.68. The number of rotatable bonds is 1. The van der Waals surface area contributed by atoms with E-state index in [9.17, 15) is 4.79 Å². The molecule has 3 nitrogen and oxygen atoms in total. The van der Waals surface area contributed by atoms with E-state index in [2.05, 4.69) is 4.98 Å². The van der Waals surface area contributed by atoms with E-state index in [0.29, 0.717) is 5.02 Å². The Bertz CT molecular complexity index is 1080. The summed E-state index contributed by atoms with van der Waals surface area (Å²) in [6.45, 7) is 0. The second kappa shape index (κ2) is 4.93. The monoisotopic (exact) mass is 326 g/mol. The first-order chi connectivity index (χ1) is 10.6. The van der Waals surface area contributed by atoms with Crippen LogP contribution >= 0.6 is 22.9 Å². The molecule has 0 atom stereocenters. The summed E-state index contributed by atoms with van der Waals surface area (Å²) in [6.07, 6.45) is 0. The quantitative estimate of drug-likeness (QED) is 0.517. The van der Waals surface area contributed by atoms with Gasteiger partial charge in [-0.3, -0.25) is 4.79 Å². The summed E-state index contributed by atoms with van der Waals surface area (Å²) in [4.78, 5) is 16.9. The van der Waals surface area contributed by atoms with E-state index < -0.39 is 0 Å². The van der Waals surface area contributed by atoms with Crippen molar-refractivity contribution in [2.75, 3.05) is 0 Å². The minimum absolute atomic E-state index is 0.0361. The fourth-order valence-electron chi connectivity index (χ4n) is 2.60. The molecule has 0 unspecified atom stereocenters. The third-order valence-corrected chi connectivity index (χ3v) is 5.02. The molecular formula is C17H11ClN2OS. The highest BCUT2D eigenvalue weighted by Crippen LogP contribution is 2.34. The fraction of sp³-hybridized carbons (Fsp3) is 0.0588. The van der Waals surface area contributed by atoms with Gasteiger partial charge in [0.25, 0.3) is 5.56 Å². The maximum absolute atomic E-state index is 12.2. The van der Waals surface area contributed by atoms with Crippen molar-refractivity contribution in [1.82, 2.24) is 9.55 Å². The molecule has 2 heterocycles. The Morgan fingerprint density at radius 1 is 1.14 bits per heavy atom. The average molecular weight is 327 g/mol. The molecule has 22 heavy (non-hydrogen) atoms. The summed E-state index contributed by atoms with van der Waals surface area (Å²) >= 11 is 7.59. The van der Waals surface area contributed by atoms with Gasteiger partial charge in [-0.05, 0) is 24.3 Å². The second-order valence-corrected chi connectivity index (χ2v) is 6.57. The Kier molecular flexibility index (Phi) is 3.03. The van der Waals surface area contributed by atoms with Gasteiger partial charge in [-0.15, -0.1) is 11.3 Å². The Morgan fingerprint density at radius 2 is 1.95 bits per heavy atom. The molecule has 108 valence electrons. The van der Waals surface area contributed by atoms with Gasteiger partial charge < -0.3 is 4.57 Å². The maximum Gasteiger partial charge on any atom is 0.251 e. The Labute approximate surface area is 135 Å². The van der Waals surface area contributed by atoms with Crippen molar-refractivity contribution in [3.05, 3.63) is 63.9 Å². The lowest BCUT2D eigenvalue weighted by Gasteiger charge is -2.07. The Balaban J connectivity index is 2.07. The molecule has 0 aliphatic heterocycles. The van der Waals surface area contributed by atoms with Crippen LogP contribution in [0.5, 0.6) is 0 Å². The molecule has 0 fully saturated rings. The van der Waals surface area contributed by atoms with E-state index in [1.54, 1.807) is 29.0 Å². The normalized spacial score (nSPS) is 11.4. The van der Waals surface area contributed by atoms with Crippen LogP contribution < -0.4 is 5.56 Å². The van der Waals surface area contributed by atoms with Gasteiger partial charge in [0.2, 0.25) is 0 Å². The van der Waals surface area contributed by atoms with Crippen LogP contribution in [-0.4, -0.2) is 9.55 Å². The van der Waals surface area contributed by atoms with Crippen molar-refractivity contribution >= 4 is 44.1 Å². The minimum atomic E-state index is -0.0361. The third kappa shape index (κ3) is 2.03. The average Bonchev–Trinajstić information content (AvgIpc) is 2.93. The first-order valence-corrected chi connectivity index (χ1v) is 7.98. The Hall–Kier alpha value is -2.17. The number of hydrogen-bond acceptors (Lipinski definition) is 3. The molecule has 4 rings (SSSR count). The highest BCUT2D eigenvalue weighted by atomic mass is 35.5. The van der Waals surface area contributed by atoms with Gasteiger partial charge >= 0.3 is 0 Å². The highest BCUT2D eigenvalue weighted by molar-refractivity contribution is 7.21. The van der Waals surface area contributed by atoms with Crippen molar-refractivity contribution in [2.24, 2.45) is 7.05 Å². The molecule has 0 aliphatic carbocycles. The summed E-state index contributed by atoms with van der Waals surface area (Å²) in [5.74, 6) is 0. The topological polar surface area (TPSA) is 34.9 Å². The number of benzene rings is 2. The van der Waals surface area contributed by atoms with E-state index >= 15 is 0 Å². The summed E-state index contributed by atoms with van der Waals surface area (Å²) in [5, 5.41) is 2.55. The van der Waals surface area contributed by atoms with E-state index in [0.717, 1.165) is 31.7 Å². The zero-order valence-electron chi connectivity index (χ0n) is 11.7. The van der Waals surface area contributed by atoms with Crippen LogP contribution in [0.15, 0.2) is 53.3 Å². The van der Waals surface area contributed by atoms with E-state index in [1.807, 2.05) is 42.5 Å². The number of hydrogen-bond donors (Lipinski definition) is 0. The lowest BCUT2D eigenvalue weighted by molar-refractivity contribution is 0.907. The summed E-state index contributed by atoms with van der Waals surface area (Å²) in [7, 11) is 1.78. The smallest absolute Gasteiger partial charge is 0.251 e. The molecule has 0 saturated heterocycles. The Morgan fingerprint density at radius 3 is 2.82 bits per heavy atom. The zero-order valence-corrected chi connectivity index (χ0v) is 13.3. The number of nitrogens with zero attached hydrogens (tertiary/aromatic N) is 2. The summed E-state index contributed by atoms with van der Waals surface area (Å²) in [6, 6.07) is 15.2. The molecule has 2 aromatic carbocycles. The predicted molar refractivity (Wildman–Crippen MR) is 92.8 cm³/mol. The molecule has 0 bridgehead atoms. The van der Waals surface area contributed by atoms with E-state index in [1.165, 1.54) is 0 Å². The molecule has 0 radical (unpaired) electrons. The molecule has 0 aliphatic rings. The van der Waals surface area contributed by atoms with Gasteiger partial charge in [-0.1, -0.05) is 29.8 Å². The molecular weight excluding hydrogens is 316 g/mol. The van der Waals surface area contributed by atoms with Crippen molar-refractivity contribution in [1.29, 1.82) is 0 Å². The number of thiazole rings is 1. The largest absolute Gasteiger partial charge is 0.311 e. The van der Waals surface area contributed by atoms with E-state index in [-0.39, 0.29) is 5.56 Å². The molecule has 0 spiro atoms. The van der Waals surface area contributed by atoms with Crippen LogP contribution in [0.3, 0.4) is 0 Å². The fourth-order valence-corrected chi connectivity index (χ4v) is 3.87. The van der Waals surface area contributed by atoms with Crippen molar-refractivity contribution < 1.29 is 0 Å². The maximum atomic E-state index is 12.2. The van der Waals surface area contributed by atoms with Crippen LogP contribution in [0.2, 0.25) is 5.02 Å². The number of halogens is 1. The van der Waals surface area contributed by atoms with Gasteiger partial charge in [-0.25, -0.2) is 4.98 Å². The van der Waals surface area contributed by atoms with Gasteiger partial charge in [0.05, 0.1) is 15.7 Å². The minimum Gasteiger partial charge on any atom is -0.311 e. The van der Waals surface area contributed by atoms with E-state index in [4.69, 9.17) is 11.6 Å². The predicted octanol–water partition coefficient (Wildman–Crippen LogP) is 4.47. The first kappa shape index (κ1) is 13.5. The van der Waals surface area contributed by atoms with Crippen LogP contribution in [0.4, 0.5) is 0 Å².